The van der Waals surface area contributed by atoms with Crippen LogP contribution in [0.2, 0.25) is 0 Å². The van der Waals surface area contributed by atoms with Crippen molar-refractivity contribution in [2.75, 3.05) is 6.61 Å². The molecule has 19 heavy (non-hydrogen) atoms. The largest absolute Gasteiger partial charge is 0.494 e. The summed E-state index contributed by atoms with van der Waals surface area (Å²) in [5.41, 5.74) is 0.660. The molecule has 0 unspecified atom stereocenters. The van der Waals surface area contributed by atoms with Crippen LogP contribution in [0.3, 0.4) is 0 Å². The van der Waals surface area contributed by atoms with Crippen LogP contribution in [0.5, 0.6) is 5.75 Å². The summed E-state index contributed by atoms with van der Waals surface area (Å²) in [5, 5.41) is 9.86. The summed E-state index contributed by atoms with van der Waals surface area (Å²) >= 11 is 0. The van der Waals surface area contributed by atoms with Gasteiger partial charge in [0.15, 0.2) is 0 Å². The van der Waals surface area contributed by atoms with Gasteiger partial charge in [-0.15, -0.1) is 0 Å². The maximum atomic E-state index is 9.86. The third-order valence-electron chi connectivity index (χ3n) is 2.86. The first-order chi connectivity index (χ1) is 8.93. The minimum absolute atomic E-state index is 0.296. The highest BCUT2D eigenvalue weighted by atomic mass is 16.5. The smallest absolute Gasteiger partial charge is 0.223 e. The highest BCUT2D eigenvalue weighted by Crippen LogP contribution is 2.12. The molecule has 0 heterocycles. The van der Waals surface area contributed by atoms with Crippen molar-refractivity contribution in [2.45, 2.75) is 52.5 Å². The zero-order valence-corrected chi connectivity index (χ0v) is 12.5. The lowest BCUT2D eigenvalue weighted by molar-refractivity contribution is -0.816. The van der Waals surface area contributed by atoms with E-state index >= 15 is 0 Å². The van der Waals surface area contributed by atoms with E-state index in [1.807, 2.05) is 45.0 Å². The van der Waals surface area contributed by atoms with E-state index in [1.165, 1.54) is 17.6 Å². The van der Waals surface area contributed by atoms with E-state index in [9.17, 15) is 5.21 Å². The van der Waals surface area contributed by atoms with Gasteiger partial charge in [-0.2, -0.15) is 0 Å². The summed E-state index contributed by atoms with van der Waals surface area (Å²) in [4.78, 5) is 0. The second-order valence-corrected chi connectivity index (χ2v) is 5.77. The molecule has 0 radical (unpaired) electrons. The van der Waals surface area contributed by atoms with E-state index in [0.717, 1.165) is 24.3 Å². The van der Waals surface area contributed by atoms with Crippen molar-refractivity contribution >= 4 is 6.21 Å². The fourth-order valence-electron chi connectivity index (χ4n) is 1.53. The van der Waals surface area contributed by atoms with Crippen LogP contribution in [-0.2, 0) is 0 Å². The van der Waals surface area contributed by atoms with E-state index in [4.69, 9.17) is 4.74 Å². The van der Waals surface area contributed by atoms with Crippen LogP contribution in [0.25, 0.3) is 0 Å². The number of hydrogen-bond donors (Lipinski definition) is 1. The van der Waals surface area contributed by atoms with E-state index in [0.29, 0.717) is 0 Å². The molecule has 0 aromatic heterocycles. The van der Waals surface area contributed by atoms with Crippen LogP contribution in [-0.4, -0.2) is 28.3 Å². The predicted molar refractivity (Wildman–Crippen MR) is 78.4 cm³/mol. The maximum absolute atomic E-state index is 9.86. The minimum atomic E-state index is -0.296. The molecule has 1 N–H and O–H groups in total. The molecule has 0 spiro atoms. The Balaban J connectivity index is 2.57. The molecule has 0 amide bonds. The van der Waals surface area contributed by atoms with Gasteiger partial charge in [-0.1, -0.05) is 19.8 Å². The SMILES string of the molecule is CCCCCOc1ccc(/C=[N+](\O)C(C)(C)C)cc1. The van der Waals surface area contributed by atoms with Crippen LogP contribution in [0, 0.1) is 0 Å². The molecule has 1 rings (SSSR count). The standard InChI is InChI=1S/C16H26NO2/c1-5-6-7-12-19-15-10-8-14(9-11-15)13-17(18)16(2,3)4/h8-11,13,18H,5-7,12H2,1-4H3/q+1/b17-13-. The van der Waals surface area contributed by atoms with Crippen LogP contribution in [0.4, 0.5) is 0 Å². The summed E-state index contributed by atoms with van der Waals surface area (Å²) in [7, 11) is 0. The molecule has 0 atom stereocenters. The molecule has 0 fully saturated rings. The fraction of sp³-hybridized carbons (Fsp3) is 0.562. The van der Waals surface area contributed by atoms with Crippen molar-refractivity contribution in [3.63, 3.8) is 0 Å². The number of nitrogens with zero attached hydrogens (tertiary/aromatic N) is 1. The highest BCUT2D eigenvalue weighted by Gasteiger charge is 2.23. The van der Waals surface area contributed by atoms with Crippen molar-refractivity contribution in [1.82, 2.24) is 0 Å². The van der Waals surface area contributed by atoms with Crippen LogP contribution in [0.1, 0.15) is 52.5 Å². The molecule has 0 aliphatic heterocycles. The van der Waals surface area contributed by atoms with E-state index in [2.05, 4.69) is 6.92 Å². The van der Waals surface area contributed by atoms with Gasteiger partial charge in [0.05, 0.1) is 6.61 Å². The summed E-state index contributed by atoms with van der Waals surface area (Å²) in [5.74, 6) is 0.883. The zero-order chi connectivity index (χ0) is 14.3. The number of benzene rings is 1. The molecular formula is C16H26NO2+. The number of hydrogen-bond acceptors (Lipinski definition) is 2. The topological polar surface area (TPSA) is 32.5 Å². The van der Waals surface area contributed by atoms with E-state index in [1.54, 1.807) is 6.21 Å². The van der Waals surface area contributed by atoms with Gasteiger partial charge in [0.1, 0.15) is 5.75 Å². The summed E-state index contributed by atoms with van der Waals surface area (Å²) in [6.45, 7) is 8.81. The van der Waals surface area contributed by atoms with E-state index < -0.39 is 0 Å². The van der Waals surface area contributed by atoms with Gasteiger partial charge < -0.3 is 4.74 Å². The van der Waals surface area contributed by atoms with Crippen molar-refractivity contribution in [3.8, 4) is 5.75 Å². The average Bonchev–Trinajstić information content (AvgIpc) is 2.35. The molecular weight excluding hydrogens is 238 g/mol. The van der Waals surface area contributed by atoms with Gasteiger partial charge in [0.25, 0.3) is 0 Å². The quantitative estimate of drug-likeness (QED) is 0.278. The lowest BCUT2D eigenvalue weighted by atomic mass is 10.1. The van der Waals surface area contributed by atoms with Crippen LogP contribution >= 0.6 is 0 Å². The van der Waals surface area contributed by atoms with Crippen LogP contribution < -0.4 is 4.74 Å². The third-order valence-corrected chi connectivity index (χ3v) is 2.86. The molecule has 0 saturated carbocycles. The predicted octanol–water partition coefficient (Wildman–Crippen LogP) is 3.87. The Kier molecular flexibility index (Phi) is 5.87. The maximum Gasteiger partial charge on any atom is 0.223 e. The molecule has 0 aliphatic rings. The molecule has 0 saturated heterocycles. The Bertz CT molecular complexity index is 402. The Morgan fingerprint density at radius 1 is 1.16 bits per heavy atom. The molecule has 0 bridgehead atoms. The van der Waals surface area contributed by atoms with Gasteiger partial charge in [0, 0.05) is 26.3 Å². The monoisotopic (exact) mass is 264 g/mol. The summed E-state index contributed by atoms with van der Waals surface area (Å²) in [6, 6.07) is 7.77. The number of rotatable bonds is 6. The number of unbranched alkanes of at least 4 members (excludes halogenated alkanes) is 2. The second kappa shape index (κ2) is 7.17. The van der Waals surface area contributed by atoms with E-state index in [-0.39, 0.29) is 5.54 Å². The fourth-order valence-corrected chi connectivity index (χ4v) is 1.53. The van der Waals surface area contributed by atoms with Gasteiger partial charge in [0.2, 0.25) is 11.8 Å². The first-order valence-electron chi connectivity index (χ1n) is 6.99. The Labute approximate surface area is 116 Å². The molecule has 3 heteroatoms. The molecule has 106 valence electrons. The van der Waals surface area contributed by atoms with Gasteiger partial charge >= 0.3 is 0 Å². The lowest BCUT2D eigenvalue weighted by Crippen LogP contribution is -2.31. The minimum Gasteiger partial charge on any atom is -0.494 e. The Morgan fingerprint density at radius 3 is 2.32 bits per heavy atom. The molecule has 1 aromatic carbocycles. The number of ether oxygens (including phenoxy) is 1. The zero-order valence-electron chi connectivity index (χ0n) is 12.5. The third kappa shape index (κ3) is 5.77. The molecule has 3 nitrogen and oxygen atoms in total. The van der Waals surface area contributed by atoms with Gasteiger partial charge in [-0.05, 0) is 35.4 Å². The van der Waals surface area contributed by atoms with Crippen molar-refractivity contribution in [3.05, 3.63) is 29.8 Å². The van der Waals surface area contributed by atoms with Crippen LogP contribution in [0.15, 0.2) is 24.3 Å². The Morgan fingerprint density at radius 2 is 1.79 bits per heavy atom. The first-order valence-corrected chi connectivity index (χ1v) is 6.99. The van der Waals surface area contributed by atoms with Gasteiger partial charge in [-0.3, -0.25) is 5.21 Å². The van der Waals surface area contributed by atoms with Crippen molar-refractivity contribution in [1.29, 1.82) is 0 Å². The summed E-state index contributed by atoms with van der Waals surface area (Å²) in [6.07, 6.45) is 5.23. The van der Waals surface area contributed by atoms with Crippen molar-refractivity contribution < 1.29 is 14.7 Å². The second-order valence-electron chi connectivity index (χ2n) is 5.77. The van der Waals surface area contributed by atoms with Gasteiger partial charge in [-0.25, -0.2) is 0 Å². The van der Waals surface area contributed by atoms with Crippen molar-refractivity contribution in [2.24, 2.45) is 0 Å². The molecule has 1 aromatic rings. The molecule has 0 aliphatic carbocycles. The normalized spacial score (nSPS) is 12.5. The highest BCUT2D eigenvalue weighted by molar-refractivity contribution is 5.75. The number of hydroxylamine groups is 1. The summed E-state index contributed by atoms with van der Waals surface area (Å²) < 4.78 is 6.87. The average molecular weight is 264 g/mol. The first kappa shape index (κ1) is 15.5. The Hall–Kier alpha value is -1.51. The lowest BCUT2D eigenvalue weighted by Gasteiger charge is -2.09.